The minimum atomic E-state index is -0.0430. The number of furan rings is 1. The van der Waals surface area contributed by atoms with Gasteiger partial charge in [0.05, 0.1) is 11.8 Å². The van der Waals surface area contributed by atoms with Crippen LogP contribution in [-0.4, -0.2) is 29.3 Å². The van der Waals surface area contributed by atoms with Crippen molar-refractivity contribution in [3.63, 3.8) is 0 Å². The average molecular weight is 276 g/mol. The zero-order valence-corrected chi connectivity index (χ0v) is 11.0. The molecule has 0 radical (unpaired) electrons. The molecule has 1 aliphatic rings. The molecule has 1 atom stereocenters. The van der Waals surface area contributed by atoms with Crippen molar-refractivity contribution in [3.05, 3.63) is 23.1 Å². The smallest absolute Gasteiger partial charge is 0.258 e. The van der Waals surface area contributed by atoms with E-state index in [9.17, 15) is 4.79 Å². The molecule has 17 heavy (non-hydrogen) atoms. The van der Waals surface area contributed by atoms with Gasteiger partial charge in [0.15, 0.2) is 0 Å². The zero-order chi connectivity index (χ0) is 12.3. The summed E-state index contributed by atoms with van der Waals surface area (Å²) in [6, 6.07) is 1.86. The molecule has 0 saturated carbocycles. The second-order valence-corrected chi connectivity index (χ2v) is 4.96. The predicted molar refractivity (Wildman–Crippen MR) is 67.7 cm³/mol. The molecule has 1 amide bonds. The summed E-state index contributed by atoms with van der Waals surface area (Å²) in [5.74, 6) is 0.534. The monoisotopic (exact) mass is 275 g/mol. The van der Waals surface area contributed by atoms with Gasteiger partial charge in [-0.1, -0.05) is 0 Å². The number of hydrogen-bond acceptors (Lipinski definition) is 2. The SMILES string of the molecule is O=C(c1ccoc1Cl)N1CCCCC1CCCl. The van der Waals surface area contributed by atoms with E-state index < -0.39 is 0 Å². The zero-order valence-electron chi connectivity index (χ0n) is 9.49. The van der Waals surface area contributed by atoms with Gasteiger partial charge in [0.2, 0.25) is 5.22 Å². The molecular weight excluding hydrogens is 261 g/mol. The Kier molecular flexibility index (Phi) is 4.35. The van der Waals surface area contributed by atoms with Crippen molar-refractivity contribution in [2.45, 2.75) is 31.7 Å². The number of alkyl halides is 1. The molecule has 1 aromatic rings. The van der Waals surface area contributed by atoms with Crippen LogP contribution in [-0.2, 0) is 0 Å². The Labute approximate surface area is 111 Å². The number of piperidine rings is 1. The summed E-state index contributed by atoms with van der Waals surface area (Å²) in [6.07, 6.45) is 5.50. The Hall–Kier alpha value is -0.670. The fourth-order valence-electron chi connectivity index (χ4n) is 2.29. The van der Waals surface area contributed by atoms with E-state index in [-0.39, 0.29) is 17.2 Å². The largest absolute Gasteiger partial charge is 0.452 e. The summed E-state index contributed by atoms with van der Waals surface area (Å²) in [5.41, 5.74) is 0.452. The highest BCUT2D eigenvalue weighted by Gasteiger charge is 2.28. The number of rotatable bonds is 3. The lowest BCUT2D eigenvalue weighted by atomic mass is 9.99. The molecule has 2 rings (SSSR count). The highest BCUT2D eigenvalue weighted by molar-refractivity contribution is 6.32. The van der Waals surface area contributed by atoms with Crippen LogP contribution in [0.5, 0.6) is 0 Å². The molecule has 1 fully saturated rings. The van der Waals surface area contributed by atoms with Crippen LogP contribution in [0.3, 0.4) is 0 Å². The summed E-state index contributed by atoms with van der Waals surface area (Å²) in [5, 5.41) is 0.171. The van der Waals surface area contributed by atoms with Gasteiger partial charge in [0.1, 0.15) is 0 Å². The van der Waals surface area contributed by atoms with Crippen molar-refractivity contribution in [1.29, 1.82) is 0 Å². The van der Waals surface area contributed by atoms with Crippen LogP contribution >= 0.6 is 23.2 Å². The van der Waals surface area contributed by atoms with E-state index in [1.54, 1.807) is 6.07 Å². The molecule has 1 aromatic heterocycles. The van der Waals surface area contributed by atoms with Crippen LogP contribution in [0.1, 0.15) is 36.0 Å². The molecule has 0 spiro atoms. The number of nitrogens with zero attached hydrogens (tertiary/aromatic N) is 1. The third-order valence-electron chi connectivity index (χ3n) is 3.18. The molecule has 3 nitrogen and oxygen atoms in total. The molecule has 2 heterocycles. The second-order valence-electron chi connectivity index (χ2n) is 4.23. The van der Waals surface area contributed by atoms with Crippen molar-refractivity contribution in [1.82, 2.24) is 4.90 Å². The van der Waals surface area contributed by atoms with E-state index >= 15 is 0 Å². The summed E-state index contributed by atoms with van der Waals surface area (Å²) < 4.78 is 4.96. The van der Waals surface area contributed by atoms with Gasteiger partial charge in [0, 0.05) is 18.5 Å². The van der Waals surface area contributed by atoms with Gasteiger partial charge >= 0.3 is 0 Å². The van der Waals surface area contributed by atoms with Gasteiger partial charge in [-0.3, -0.25) is 4.79 Å². The third-order valence-corrected chi connectivity index (χ3v) is 3.69. The maximum Gasteiger partial charge on any atom is 0.258 e. The number of likely N-dealkylation sites (tertiary alicyclic amines) is 1. The lowest BCUT2D eigenvalue weighted by molar-refractivity contribution is 0.0609. The Morgan fingerprint density at radius 3 is 3.00 bits per heavy atom. The highest BCUT2D eigenvalue weighted by atomic mass is 35.5. The maximum absolute atomic E-state index is 12.3. The van der Waals surface area contributed by atoms with Gasteiger partial charge in [0.25, 0.3) is 5.91 Å². The van der Waals surface area contributed by atoms with Gasteiger partial charge in [-0.2, -0.15) is 0 Å². The number of amides is 1. The molecule has 0 N–H and O–H groups in total. The van der Waals surface area contributed by atoms with Gasteiger partial charge in [-0.25, -0.2) is 0 Å². The topological polar surface area (TPSA) is 33.5 Å². The van der Waals surface area contributed by atoms with Gasteiger partial charge < -0.3 is 9.32 Å². The van der Waals surface area contributed by atoms with E-state index in [0.717, 1.165) is 32.2 Å². The van der Waals surface area contributed by atoms with Crippen molar-refractivity contribution >= 4 is 29.1 Å². The Morgan fingerprint density at radius 2 is 2.35 bits per heavy atom. The van der Waals surface area contributed by atoms with Gasteiger partial charge in [-0.15, -0.1) is 11.6 Å². The Morgan fingerprint density at radius 1 is 1.53 bits per heavy atom. The first-order valence-electron chi connectivity index (χ1n) is 5.84. The summed E-state index contributed by atoms with van der Waals surface area (Å²) in [6.45, 7) is 0.780. The van der Waals surface area contributed by atoms with Crippen molar-refractivity contribution in [3.8, 4) is 0 Å². The van der Waals surface area contributed by atoms with Crippen LogP contribution in [0.15, 0.2) is 16.7 Å². The average Bonchev–Trinajstić information content (AvgIpc) is 2.76. The third kappa shape index (κ3) is 2.78. The van der Waals surface area contributed by atoms with Crippen LogP contribution in [0.4, 0.5) is 0 Å². The van der Waals surface area contributed by atoms with Crippen LogP contribution < -0.4 is 0 Å². The molecule has 0 aromatic carbocycles. The normalized spacial score (nSPS) is 20.6. The van der Waals surface area contributed by atoms with Crippen LogP contribution in [0.2, 0.25) is 5.22 Å². The first kappa shape index (κ1) is 12.8. The Bertz CT molecular complexity index is 390. The summed E-state index contributed by atoms with van der Waals surface area (Å²) in [7, 11) is 0. The first-order chi connectivity index (χ1) is 8.24. The standard InChI is InChI=1S/C12H15Cl2NO2/c13-6-4-9-3-1-2-7-15(9)12(16)10-5-8-17-11(10)14/h5,8-9H,1-4,6-7H2. The molecular formula is C12H15Cl2NO2. The number of halogens is 2. The van der Waals surface area contributed by atoms with Crippen molar-refractivity contribution < 1.29 is 9.21 Å². The first-order valence-corrected chi connectivity index (χ1v) is 6.75. The van der Waals surface area contributed by atoms with E-state index in [2.05, 4.69) is 0 Å². The summed E-state index contributed by atoms with van der Waals surface area (Å²) >= 11 is 11.6. The van der Waals surface area contributed by atoms with Crippen LogP contribution in [0, 0.1) is 0 Å². The van der Waals surface area contributed by atoms with E-state index in [0.29, 0.717) is 11.4 Å². The predicted octanol–water partition coefficient (Wildman–Crippen LogP) is 3.56. The highest BCUT2D eigenvalue weighted by Crippen LogP contribution is 2.25. The van der Waals surface area contributed by atoms with Gasteiger partial charge in [-0.05, 0) is 43.4 Å². The van der Waals surface area contributed by atoms with Crippen molar-refractivity contribution in [2.24, 2.45) is 0 Å². The molecule has 0 bridgehead atoms. The fraction of sp³-hybridized carbons (Fsp3) is 0.583. The van der Waals surface area contributed by atoms with Crippen molar-refractivity contribution in [2.75, 3.05) is 12.4 Å². The quantitative estimate of drug-likeness (QED) is 0.791. The van der Waals surface area contributed by atoms with E-state index in [4.69, 9.17) is 27.6 Å². The fourth-order valence-corrected chi connectivity index (χ4v) is 2.74. The summed E-state index contributed by atoms with van der Waals surface area (Å²) in [4.78, 5) is 14.2. The molecule has 1 saturated heterocycles. The second kappa shape index (κ2) is 5.78. The van der Waals surface area contributed by atoms with E-state index in [1.807, 2.05) is 4.90 Å². The Balaban J connectivity index is 2.14. The lowest BCUT2D eigenvalue weighted by Gasteiger charge is -2.35. The molecule has 5 heteroatoms. The van der Waals surface area contributed by atoms with E-state index in [1.165, 1.54) is 6.26 Å². The number of carbonyl (C=O) groups is 1. The van der Waals surface area contributed by atoms with Crippen LogP contribution in [0.25, 0.3) is 0 Å². The molecule has 1 aliphatic heterocycles. The lowest BCUT2D eigenvalue weighted by Crippen LogP contribution is -2.43. The minimum Gasteiger partial charge on any atom is -0.452 e. The molecule has 94 valence electrons. The molecule has 0 aliphatic carbocycles. The number of carbonyl (C=O) groups excluding carboxylic acids is 1. The maximum atomic E-state index is 12.3. The number of hydrogen-bond donors (Lipinski definition) is 0. The molecule has 1 unspecified atom stereocenters. The minimum absolute atomic E-state index is 0.0430.